The predicted molar refractivity (Wildman–Crippen MR) is 137 cm³/mol. The Morgan fingerprint density at radius 1 is 1.09 bits per heavy atom. The summed E-state index contributed by atoms with van der Waals surface area (Å²) >= 11 is 12.2. The smallest absolute Gasteiger partial charge is 0.306 e. The molecule has 1 aliphatic heterocycles. The van der Waals surface area contributed by atoms with Gasteiger partial charge < -0.3 is 5.32 Å². The van der Waals surface area contributed by atoms with Gasteiger partial charge in [-0.2, -0.15) is 5.10 Å². The van der Waals surface area contributed by atoms with Gasteiger partial charge in [-0.05, 0) is 36.2 Å². The Balaban J connectivity index is 1.71. The highest BCUT2D eigenvalue weighted by Crippen LogP contribution is 2.34. The highest BCUT2D eigenvalue weighted by molar-refractivity contribution is 7.92. The molecule has 2 amide bonds. The fraction of sp³-hybridized carbons (Fsp3) is 0.304. The van der Waals surface area contributed by atoms with E-state index in [2.05, 4.69) is 10.6 Å². The van der Waals surface area contributed by atoms with Gasteiger partial charge in [0.25, 0.3) is 0 Å². The number of rotatable bonds is 4. The molecule has 0 saturated heterocycles. The van der Waals surface area contributed by atoms with Crippen molar-refractivity contribution in [3.63, 3.8) is 0 Å². The van der Waals surface area contributed by atoms with Crippen LogP contribution in [0.25, 0.3) is 5.69 Å². The third kappa shape index (κ3) is 4.87. The van der Waals surface area contributed by atoms with E-state index in [1.165, 1.54) is 10.6 Å². The van der Waals surface area contributed by atoms with Gasteiger partial charge in [-0.1, -0.05) is 56.1 Å². The number of nitrogens with one attached hydrogen (secondary N) is 2. The molecule has 0 bridgehead atoms. The van der Waals surface area contributed by atoms with Crippen LogP contribution in [-0.2, 0) is 21.9 Å². The number of benzene rings is 2. The molecule has 0 radical (unpaired) electrons. The van der Waals surface area contributed by atoms with Crippen molar-refractivity contribution >= 4 is 56.4 Å². The Labute approximate surface area is 208 Å². The number of sulfonamides is 1. The van der Waals surface area contributed by atoms with Gasteiger partial charge in [-0.25, -0.2) is 17.9 Å². The lowest BCUT2D eigenvalue weighted by atomic mass is 9.92. The summed E-state index contributed by atoms with van der Waals surface area (Å²) in [5, 5.41) is 10.8. The van der Waals surface area contributed by atoms with Crippen LogP contribution in [0, 0.1) is 0 Å². The second kappa shape index (κ2) is 8.79. The van der Waals surface area contributed by atoms with Gasteiger partial charge >= 0.3 is 6.03 Å². The van der Waals surface area contributed by atoms with Crippen LogP contribution in [0.1, 0.15) is 32.0 Å². The Morgan fingerprint density at radius 2 is 1.82 bits per heavy atom. The van der Waals surface area contributed by atoms with Crippen molar-refractivity contribution < 1.29 is 13.2 Å². The van der Waals surface area contributed by atoms with E-state index in [-0.39, 0.29) is 10.4 Å². The predicted octanol–water partition coefficient (Wildman–Crippen LogP) is 5.44. The van der Waals surface area contributed by atoms with Crippen LogP contribution in [-0.4, -0.2) is 37.0 Å². The third-order valence-electron chi connectivity index (χ3n) is 5.49. The molecule has 34 heavy (non-hydrogen) atoms. The standard InChI is InChI=1S/C23H25Cl2N5O3S/c1-23(2,3)19-13-20(27-22(31)26-17-7-5-6-16(24)21(17)25)30(28-19)15-9-8-14-10-11-29(18(14)12-15)34(4,32)33/h5-9,12-13H,10-11H2,1-4H3,(H2,26,27,31). The number of carbonyl (C=O) groups excluding carboxylic acids is 1. The quantitative estimate of drug-likeness (QED) is 0.477. The minimum atomic E-state index is -3.40. The summed E-state index contributed by atoms with van der Waals surface area (Å²) in [6, 6.07) is 11.8. The molecule has 0 atom stereocenters. The van der Waals surface area contributed by atoms with E-state index in [9.17, 15) is 13.2 Å². The number of carbonyl (C=O) groups is 1. The summed E-state index contributed by atoms with van der Waals surface area (Å²) in [5.41, 5.74) is 3.03. The van der Waals surface area contributed by atoms with Crippen molar-refractivity contribution in [1.82, 2.24) is 9.78 Å². The molecule has 0 spiro atoms. The number of anilines is 3. The maximum absolute atomic E-state index is 12.8. The number of hydrogen-bond acceptors (Lipinski definition) is 4. The van der Waals surface area contributed by atoms with E-state index < -0.39 is 16.1 Å². The van der Waals surface area contributed by atoms with Crippen LogP contribution >= 0.6 is 23.2 Å². The summed E-state index contributed by atoms with van der Waals surface area (Å²) in [5.74, 6) is 0.421. The van der Waals surface area contributed by atoms with Gasteiger partial charge in [-0.15, -0.1) is 0 Å². The highest BCUT2D eigenvalue weighted by Gasteiger charge is 2.28. The first-order valence-electron chi connectivity index (χ1n) is 10.6. The van der Waals surface area contributed by atoms with E-state index in [1.54, 1.807) is 35.0 Å². The third-order valence-corrected chi connectivity index (χ3v) is 7.48. The number of nitrogens with zero attached hydrogens (tertiary/aromatic N) is 3. The SMILES string of the molecule is CC(C)(C)c1cc(NC(=O)Nc2cccc(Cl)c2Cl)n(-c2ccc3c(c2)N(S(C)(=O)=O)CC3)n1. The molecule has 1 aromatic heterocycles. The monoisotopic (exact) mass is 521 g/mol. The first-order chi connectivity index (χ1) is 15.8. The second-order valence-corrected chi connectivity index (χ2v) is 11.8. The number of hydrogen-bond donors (Lipinski definition) is 2. The van der Waals surface area contributed by atoms with Gasteiger partial charge in [0.2, 0.25) is 10.0 Å². The first-order valence-corrected chi connectivity index (χ1v) is 13.2. The Bertz CT molecular complexity index is 1380. The normalized spacial score (nSPS) is 13.6. The molecule has 0 unspecified atom stereocenters. The molecule has 2 heterocycles. The zero-order valence-electron chi connectivity index (χ0n) is 19.2. The summed E-state index contributed by atoms with van der Waals surface area (Å²) in [7, 11) is -3.40. The lowest BCUT2D eigenvalue weighted by Gasteiger charge is -2.18. The average molecular weight is 522 g/mol. The molecule has 4 rings (SSSR count). The molecule has 2 N–H and O–H groups in total. The molecular formula is C23H25Cl2N5O3S. The lowest BCUT2D eigenvalue weighted by molar-refractivity contribution is 0.262. The number of urea groups is 1. The summed E-state index contributed by atoms with van der Waals surface area (Å²) in [6.45, 7) is 6.45. The van der Waals surface area contributed by atoms with Crippen LogP contribution < -0.4 is 14.9 Å². The van der Waals surface area contributed by atoms with E-state index >= 15 is 0 Å². The molecule has 0 fully saturated rings. The van der Waals surface area contributed by atoms with Gasteiger partial charge in [0, 0.05) is 18.0 Å². The molecule has 11 heteroatoms. The van der Waals surface area contributed by atoms with Crippen molar-refractivity contribution in [2.45, 2.75) is 32.6 Å². The first kappa shape index (κ1) is 24.4. The van der Waals surface area contributed by atoms with E-state index in [4.69, 9.17) is 28.3 Å². The van der Waals surface area contributed by atoms with Crippen molar-refractivity contribution in [3.05, 3.63) is 63.8 Å². The number of amides is 2. The summed E-state index contributed by atoms with van der Waals surface area (Å²) < 4.78 is 27.5. The Kier molecular flexibility index (Phi) is 6.30. The van der Waals surface area contributed by atoms with Crippen molar-refractivity contribution in [1.29, 1.82) is 0 Å². The average Bonchev–Trinajstić information content (AvgIpc) is 3.35. The van der Waals surface area contributed by atoms with Gasteiger partial charge in [0.15, 0.2) is 0 Å². The lowest BCUT2D eigenvalue weighted by Crippen LogP contribution is -2.27. The number of aromatic nitrogens is 2. The van der Waals surface area contributed by atoms with E-state index in [0.717, 1.165) is 11.3 Å². The highest BCUT2D eigenvalue weighted by atomic mass is 35.5. The Hall–Kier alpha value is -2.75. The van der Waals surface area contributed by atoms with E-state index in [1.807, 2.05) is 32.9 Å². The van der Waals surface area contributed by atoms with Gasteiger partial charge in [-0.3, -0.25) is 9.62 Å². The van der Waals surface area contributed by atoms with Crippen molar-refractivity contribution in [2.24, 2.45) is 0 Å². The number of halogens is 2. The topological polar surface area (TPSA) is 96.3 Å². The van der Waals surface area contributed by atoms with Crippen LogP contribution in [0.2, 0.25) is 10.0 Å². The zero-order valence-corrected chi connectivity index (χ0v) is 21.5. The van der Waals surface area contributed by atoms with Crippen LogP contribution in [0.4, 0.5) is 22.0 Å². The molecule has 3 aromatic rings. The zero-order chi connectivity index (χ0) is 24.8. The largest absolute Gasteiger partial charge is 0.324 e. The van der Waals surface area contributed by atoms with Crippen LogP contribution in [0.5, 0.6) is 0 Å². The molecule has 1 aliphatic rings. The molecule has 180 valence electrons. The maximum atomic E-state index is 12.8. The second-order valence-electron chi connectivity index (χ2n) is 9.16. The summed E-state index contributed by atoms with van der Waals surface area (Å²) in [6.07, 6.45) is 1.83. The fourth-order valence-electron chi connectivity index (χ4n) is 3.72. The van der Waals surface area contributed by atoms with Crippen molar-refractivity contribution in [3.8, 4) is 5.69 Å². The summed E-state index contributed by atoms with van der Waals surface area (Å²) in [4.78, 5) is 12.8. The molecule has 0 aliphatic carbocycles. The number of fused-ring (bicyclic) bond motifs is 1. The molecule has 8 nitrogen and oxygen atoms in total. The van der Waals surface area contributed by atoms with Gasteiger partial charge in [0.05, 0.1) is 39.1 Å². The molecular weight excluding hydrogens is 497 g/mol. The van der Waals surface area contributed by atoms with Crippen molar-refractivity contribution in [2.75, 3.05) is 27.7 Å². The van der Waals surface area contributed by atoms with E-state index in [0.29, 0.717) is 40.9 Å². The minimum Gasteiger partial charge on any atom is -0.306 e. The van der Waals surface area contributed by atoms with Crippen LogP contribution in [0.3, 0.4) is 0 Å². The minimum absolute atomic E-state index is 0.239. The van der Waals surface area contributed by atoms with Gasteiger partial charge in [0.1, 0.15) is 5.82 Å². The molecule has 2 aromatic carbocycles. The fourth-order valence-corrected chi connectivity index (χ4v) is 5.02. The molecule has 0 saturated carbocycles. The maximum Gasteiger partial charge on any atom is 0.324 e. The van der Waals surface area contributed by atoms with Crippen LogP contribution in [0.15, 0.2) is 42.5 Å². The Morgan fingerprint density at radius 3 is 2.50 bits per heavy atom.